The maximum absolute atomic E-state index is 8.91. The SMILES string of the molecule is C[C@H](CO)NCc1cnc(-c2ccccn2)s1. The van der Waals surface area contributed by atoms with Gasteiger partial charge in [0.05, 0.1) is 12.3 Å². The molecule has 4 nitrogen and oxygen atoms in total. The molecule has 0 aliphatic heterocycles. The van der Waals surface area contributed by atoms with Crippen molar-refractivity contribution in [1.82, 2.24) is 15.3 Å². The van der Waals surface area contributed by atoms with Crippen LogP contribution in [-0.4, -0.2) is 27.7 Å². The molecule has 0 fully saturated rings. The van der Waals surface area contributed by atoms with Gasteiger partial charge in [0.25, 0.3) is 0 Å². The van der Waals surface area contributed by atoms with Crippen molar-refractivity contribution in [2.75, 3.05) is 6.61 Å². The van der Waals surface area contributed by atoms with Gasteiger partial charge >= 0.3 is 0 Å². The van der Waals surface area contributed by atoms with Crippen LogP contribution in [0.5, 0.6) is 0 Å². The van der Waals surface area contributed by atoms with Crippen LogP contribution in [-0.2, 0) is 6.54 Å². The number of hydrogen-bond donors (Lipinski definition) is 2. The van der Waals surface area contributed by atoms with E-state index < -0.39 is 0 Å². The summed E-state index contributed by atoms with van der Waals surface area (Å²) in [5.41, 5.74) is 0.902. The van der Waals surface area contributed by atoms with E-state index in [1.165, 1.54) is 0 Å². The van der Waals surface area contributed by atoms with Crippen LogP contribution in [0.4, 0.5) is 0 Å². The Hall–Kier alpha value is -1.30. The summed E-state index contributed by atoms with van der Waals surface area (Å²) in [4.78, 5) is 9.75. The molecule has 0 amide bonds. The summed E-state index contributed by atoms with van der Waals surface area (Å²) in [6, 6.07) is 5.90. The van der Waals surface area contributed by atoms with E-state index in [1.807, 2.05) is 31.3 Å². The monoisotopic (exact) mass is 249 g/mol. The normalized spacial score (nSPS) is 12.6. The van der Waals surface area contributed by atoms with Crippen LogP contribution < -0.4 is 5.32 Å². The van der Waals surface area contributed by atoms with Crippen LogP contribution in [0.15, 0.2) is 30.6 Å². The summed E-state index contributed by atoms with van der Waals surface area (Å²) >= 11 is 1.62. The summed E-state index contributed by atoms with van der Waals surface area (Å²) in [5, 5.41) is 13.1. The third-order valence-corrected chi connectivity index (χ3v) is 3.36. The molecule has 0 radical (unpaired) electrons. The highest BCUT2D eigenvalue weighted by atomic mass is 32.1. The van der Waals surface area contributed by atoms with E-state index in [9.17, 15) is 0 Å². The molecule has 2 heterocycles. The fraction of sp³-hybridized carbons (Fsp3) is 0.333. The van der Waals surface area contributed by atoms with Crippen LogP contribution in [0, 0.1) is 0 Å². The zero-order valence-corrected chi connectivity index (χ0v) is 10.4. The van der Waals surface area contributed by atoms with Gasteiger partial charge in [0, 0.05) is 29.9 Å². The van der Waals surface area contributed by atoms with Gasteiger partial charge in [0.15, 0.2) is 0 Å². The molecule has 0 aromatic carbocycles. The minimum atomic E-state index is 0.107. The molecule has 2 aromatic rings. The fourth-order valence-corrected chi connectivity index (χ4v) is 2.18. The topological polar surface area (TPSA) is 58.0 Å². The number of hydrogen-bond acceptors (Lipinski definition) is 5. The first kappa shape index (κ1) is 12.2. The molecule has 2 N–H and O–H groups in total. The lowest BCUT2D eigenvalue weighted by atomic mass is 10.3. The second-order valence-electron chi connectivity index (χ2n) is 3.81. The standard InChI is InChI=1S/C12H15N3OS/c1-9(8-16)14-6-10-7-15-12(17-10)11-4-2-3-5-13-11/h2-5,7,9,14,16H,6,8H2,1H3/t9-/m1/s1. The molecule has 5 heteroatoms. The number of nitrogens with zero attached hydrogens (tertiary/aromatic N) is 2. The highest BCUT2D eigenvalue weighted by Crippen LogP contribution is 2.22. The van der Waals surface area contributed by atoms with Crippen LogP contribution >= 0.6 is 11.3 Å². The van der Waals surface area contributed by atoms with Gasteiger partial charge in [-0.25, -0.2) is 4.98 Å². The Morgan fingerprint density at radius 3 is 3.00 bits per heavy atom. The second-order valence-corrected chi connectivity index (χ2v) is 4.93. The number of pyridine rings is 1. The quantitative estimate of drug-likeness (QED) is 0.846. The average Bonchev–Trinajstić information content (AvgIpc) is 2.86. The first-order valence-corrected chi connectivity index (χ1v) is 6.31. The fourth-order valence-electron chi connectivity index (χ4n) is 1.34. The Kier molecular flexibility index (Phi) is 4.19. The number of aliphatic hydroxyl groups excluding tert-OH is 1. The Balaban J connectivity index is 2.01. The van der Waals surface area contributed by atoms with E-state index in [-0.39, 0.29) is 12.6 Å². The van der Waals surface area contributed by atoms with E-state index in [1.54, 1.807) is 17.5 Å². The summed E-state index contributed by atoms with van der Waals surface area (Å²) < 4.78 is 0. The molecule has 0 aliphatic carbocycles. The van der Waals surface area contributed by atoms with Crippen molar-refractivity contribution < 1.29 is 5.11 Å². The third-order valence-electron chi connectivity index (χ3n) is 2.34. The van der Waals surface area contributed by atoms with Crippen LogP contribution in [0.1, 0.15) is 11.8 Å². The number of rotatable bonds is 5. The van der Waals surface area contributed by atoms with E-state index in [4.69, 9.17) is 5.11 Å². The molecule has 2 rings (SSSR count). The molecular formula is C12H15N3OS. The van der Waals surface area contributed by atoms with Crippen molar-refractivity contribution in [3.8, 4) is 10.7 Å². The van der Waals surface area contributed by atoms with Gasteiger partial charge in [-0.05, 0) is 19.1 Å². The highest BCUT2D eigenvalue weighted by Gasteiger charge is 2.06. The van der Waals surface area contributed by atoms with Crippen LogP contribution in [0.2, 0.25) is 0 Å². The van der Waals surface area contributed by atoms with Crippen molar-refractivity contribution in [2.45, 2.75) is 19.5 Å². The molecule has 2 aromatic heterocycles. The van der Waals surface area contributed by atoms with E-state index in [0.717, 1.165) is 22.1 Å². The summed E-state index contributed by atoms with van der Waals surface area (Å²) in [7, 11) is 0. The Bertz CT molecular complexity index is 458. The van der Waals surface area contributed by atoms with E-state index in [2.05, 4.69) is 15.3 Å². The maximum Gasteiger partial charge on any atom is 0.142 e. The number of aliphatic hydroxyl groups is 1. The largest absolute Gasteiger partial charge is 0.395 e. The molecule has 90 valence electrons. The molecule has 0 aliphatic rings. The molecule has 1 atom stereocenters. The predicted octanol–water partition coefficient (Wildman–Crippen LogP) is 1.68. The Morgan fingerprint density at radius 2 is 2.29 bits per heavy atom. The number of aromatic nitrogens is 2. The number of nitrogens with one attached hydrogen (secondary N) is 1. The second kappa shape index (κ2) is 5.86. The first-order valence-electron chi connectivity index (χ1n) is 5.50. The smallest absolute Gasteiger partial charge is 0.142 e. The zero-order valence-electron chi connectivity index (χ0n) is 9.63. The molecule has 0 bridgehead atoms. The van der Waals surface area contributed by atoms with Crippen LogP contribution in [0.25, 0.3) is 10.7 Å². The summed E-state index contributed by atoms with van der Waals surface area (Å²) in [6.45, 7) is 2.82. The van der Waals surface area contributed by atoms with Crippen molar-refractivity contribution in [2.24, 2.45) is 0 Å². The Morgan fingerprint density at radius 1 is 1.41 bits per heavy atom. The van der Waals surface area contributed by atoms with Gasteiger partial charge in [0.1, 0.15) is 5.01 Å². The van der Waals surface area contributed by atoms with Gasteiger partial charge in [-0.1, -0.05) is 6.07 Å². The van der Waals surface area contributed by atoms with Crippen molar-refractivity contribution in [3.63, 3.8) is 0 Å². The van der Waals surface area contributed by atoms with Crippen molar-refractivity contribution in [3.05, 3.63) is 35.5 Å². The predicted molar refractivity (Wildman–Crippen MR) is 68.7 cm³/mol. The highest BCUT2D eigenvalue weighted by molar-refractivity contribution is 7.14. The molecule has 0 saturated heterocycles. The van der Waals surface area contributed by atoms with Gasteiger partial charge in [-0.15, -0.1) is 11.3 Å². The molecule has 0 unspecified atom stereocenters. The van der Waals surface area contributed by atoms with Gasteiger partial charge in [0.2, 0.25) is 0 Å². The molecular weight excluding hydrogens is 234 g/mol. The maximum atomic E-state index is 8.91. The Labute approximate surface area is 104 Å². The van der Waals surface area contributed by atoms with Crippen molar-refractivity contribution >= 4 is 11.3 Å². The lowest BCUT2D eigenvalue weighted by molar-refractivity contribution is 0.251. The number of thiazole rings is 1. The average molecular weight is 249 g/mol. The van der Waals surface area contributed by atoms with Gasteiger partial charge in [-0.3, -0.25) is 4.98 Å². The first-order chi connectivity index (χ1) is 8.29. The summed E-state index contributed by atoms with van der Waals surface area (Å²) in [5.74, 6) is 0. The van der Waals surface area contributed by atoms with Crippen LogP contribution in [0.3, 0.4) is 0 Å². The molecule has 17 heavy (non-hydrogen) atoms. The van der Waals surface area contributed by atoms with Gasteiger partial charge < -0.3 is 10.4 Å². The lowest BCUT2D eigenvalue weighted by Gasteiger charge is -2.08. The molecule has 0 spiro atoms. The third kappa shape index (κ3) is 3.33. The van der Waals surface area contributed by atoms with Gasteiger partial charge in [-0.2, -0.15) is 0 Å². The minimum absolute atomic E-state index is 0.107. The van der Waals surface area contributed by atoms with E-state index in [0.29, 0.717) is 0 Å². The summed E-state index contributed by atoms with van der Waals surface area (Å²) in [6.07, 6.45) is 3.62. The zero-order chi connectivity index (χ0) is 12.1. The lowest BCUT2D eigenvalue weighted by Crippen LogP contribution is -2.28. The van der Waals surface area contributed by atoms with Crippen molar-refractivity contribution in [1.29, 1.82) is 0 Å². The molecule has 0 saturated carbocycles. The van der Waals surface area contributed by atoms with E-state index >= 15 is 0 Å². The minimum Gasteiger partial charge on any atom is -0.395 e.